The number of carbonyl (C=O) groups is 1. The Kier molecular flexibility index (Phi) is 6.67. The van der Waals surface area contributed by atoms with Crippen molar-refractivity contribution in [2.45, 2.75) is 50.3 Å². The number of aromatic nitrogens is 2. The van der Waals surface area contributed by atoms with Gasteiger partial charge >= 0.3 is 0 Å². The summed E-state index contributed by atoms with van der Waals surface area (Å²) in [6, 6.07) is 6.81. The molecule has 4 rings (SSSR count). The zero-order valence-electron chi connectivity index (χ0n) is 18.5. The first-order chi connectivity index (χ1) is 15.7. The van der Waals surface area contributed by atoms with Crippen LogP contribution in [0.5, 0.6) is 0 Å². The minimum atomic E-state index is -0.861. The lowest BCUT2D eigenvalue weighted by molar-refractivity contribution is -0.118. The molecule has 1 unspecified atom stereocenters. The van der Waals surface area contributed by atoms with E-state index in [0.717, 1.165) is 16.5 Å². The predicted octanol–water partition coefficient (Wildman–Crippen LogP) is 5.88. The molecule has 33 heavy (non-hydrogen) atoms. The van der Waals surface area contributed by atoms with Crippen molar-refractivity contribution in [2.24, 2.45) is 11.1 Å². The number of nitrogens with zero attached hydrogens (tertiary/aromatic N) is 4. The Labute approximate surface area is 208 Å². The van der Waals surface area contributed by atoms with Crippen LogP contribution in [0.2, 0.25) is 0 Å². The lowest BCUT2D eigenvalue weighted by Gasteiger charge is -2.42. The monoisotopic (exact) mass is 547 g/mol. The van der Waals surface area contributed by atoms with Crippen LogP contribution < -0.4 is 10.6 Å². The number of Topliss-reactive ketones (excluding diaryl/α,β-unsaturated/α-hetero) is 1. The largest absolute Gasteiger partial charge is 0.384 e. The number of hydrogen-bond donors (Lipinski definition) is 1. The van der Waals surface area contributed by atoms with Crippen LogP contribution in [0.1, 0.15) is 51.5 Å². The van der Waals surface area contributed by atoms with E-state index in [0.29, 0.717) is 33.7 Å². The third-order valence-electron chi connectivity index (χ3n) is 5.67. The molecule has 1 aliphatic heterocycles. The molecule has 0 saturated heterocycles. The highest BCUT2D eigenvalue weighted by Crippen LogP contribution is 2.51. The fraction of sp³-hybridized carbons (Fsp3) is 0.391. The molecule has 6 nitrogen and oxygen atoms in total. The van der Waals surface area contributed by atoms with Crippen LogP contribution in [0.4, 0.5) is 9.52 Å². The number of benzene rings is 1. The predicted molar refractivity (Wildman–Crippen MR) is 132 cm³/mol. The summed E-state index contributed by atoms with van der Waals surface area (Å²) in [4.78, 5) is 15.2. The number of halogens is 2. The third-order valence-corrected chi connectivity index (χ3v) is 8.41. The zero-order valence-corrected chi connectivity index (χ0v) is 21.7. The minimum Gasteiger partial charge on any atom is -0.384 e. The third kappa shape index (κ3) is 4.46. The number of hydrogen-bond acceptors (Lipinski definition) is 8. The van der Waals surface area contributed by atoms with Crippen molar-refractivity contribution in [3.05, 3.63) is 56.7 Å². The Morgan fingerprint density at radius 2 is 2.15 bits per heavy atom. The lowest BCUT2D eigenvalue weighted by Crippen LogP contribution is -2.42. The van der Waals surface area contributed by atoms with Crippen LogP contribution in [0, 0.1) is 22.6 Å². The second-order valence-corrected chi connectivity index (χ2v) is 12.1. The van der Waals surface area contributed by atoms with Gasteiger partial charge in [-0.25, -0.2) is 4.39 Å². The van der Waals surface area contributed by atoms with Crippen molar-refractivity contribution >= 4 is 49.9 Å². The van der Waals surface area contributed by atoms with E-state index < -0.39 is 11.7 Å². The molecular formula is C23H23BrFN5OS2. The maximum absolute atomic E-state index is 15.1. The Morgan fingerprint density at radius 1 is 1.39 bits per heavy atom. The average Bonchev–Trinajstić information content (AvgIpc) is 3.19. The first-order valence-electron chi connectivity index (χ1n) is 10.5. The van der Waals surface area contributed by atoms with Gasteiger partial charge in [0.1, 0.15) is 11.6 Å². The second kappa shape index (κ2) is 9.20. The molecule has 10 heteroatoms. The summed E-state index contributed by atoms with van der Waals surface area (Å²) in [5, 5.41) is 19.2. The molecule has 0 bridgehead atoms. The van der Waals surface area contributed by atoms with Gasteiger partial charge in [-0.3, -0.25) is 9.69 Å². The first-order valence-corrected chi connectivity index (χ1v) is 13.1. The highest BCUT2D eigenvalue weighted by atomic mass is 79.9. The number of allylic oxidation sites excluding steroid dienone is 3. The number of rotatable bonds is 5. The number of nitriles is 1. The Morgan fingerprint density at radius 3 is 2.82 bits per heavy atom. The van der Waals surface area contributed by atoms with Crippen LogP contribution in [0.15, 0.2) is 49.7 Å². The summed E-state index contributed by atoms with van der Waals surface area (Å²) in [6.45, 7) is 6.13. The van der Waals surface area contributed by atoms with Crippen molar-refractivity contribution in [1.29, 1.82) is 5.26 Å². The molecule has 1 aromatic carbocycles. The summed E-state index contributed by atoms with van der Waals surface area (Å²) in [6.07, 6.45) is 1.85. The highest BCUT2D eigenvalue weighted by Gasteiger charge is 2.46. The van der Waals surface area contributed by atoms with E-state index in [1.165, 1.54) is 17.4 Å². The highest BCUT2D eigenvalue weighted by molar-refractivity contribution is 9.10. The molecule has 2 aliphatic rings. The quantitative estimate of drug-likeness (QED) is 0.466. The second-order valence-electron chi connectivity index (χ2n) is 8.85. The van der Waals surface area contributed by atoms with Crippen molar-refractivity contribution in [1.82, 2.24) is 10.2 Å². The summed E-state index contributed by atoms with van der Waals surface area (Å²) in [5.41, 5.74) is 7.73. The summed E-state index contributed by atoms with van der Waals surface area (Å²) >= 11 is 6.25. The fourth-order valence-corrected chi connectivity index (χ4v) is 6.45. The molecule has 0 saturated carbocycles. The molecule has 0 fully saturated rings. The number of nitrogens with two attached hydrogens (primary N) is 1. The SMILES string of the molecule is CCCSc1nnc(N2C(N)=C(C#N)C(c3ccc(Br)cc3F)C3=C2CC(C)(C)CC3=O)s1. The van der Waals surface area contributed by atoms with E-state index in [4.69, 9.17) is 5.73 Å². The minimum absolute atomic E-state index is 0.107. The van der Waals surface area contributed by atoms with Crippen LogP contribution in [-0.4, -0.2) is 21.7 Å². The van der Waals surface area contributed by atoms with Gasteiger partial charge < -0.3 is 5.73 Å². The number of thioether (sulfide) groups is 1. The molecule has 1 atom stereocenters. The van der Waals surface area contributed by atoms with Crippen LogP contribution in [0.3, 0.4) is 0 Å². The molecule has 0 spiro atoms. The van der Waals surface area contributed by atoms with Gasteiger partial charge in [-0.2, -0.15) is 5.26 Å². The average molecular weight is 549 g/mol. The molecule has 2 aromatic rings. The Bertz CT molecular complexity index is 1230. The van der Waals surface area contributed by atoms with Gasteiger partial charge in [-0.05, 0) is 30.4 Å². The number of anilines is 1. The smallest absolute Gasteiger partial charge is 0.219 e. The van der Waals surface area contributed by atoms with E-state index in [9.17, 15) is 10.1 Å². The normalized spacial score (nSPS) is 20.2. The maximum atomic E-state index is 15.1. The molecule has 2 N–H and O–H groups in total. The molecule has 0 amide bonds. The van der Waals surface area contributed by atoms with Crippen molar-refractivity contribution < 1.29 is 9.18 Å². The Balaban J connectivity index is 1.93. The van der Waals surface area contributed by atoms with Crippen molar-refractivity contribution in [3.63, 3.8) is 0 Å². The molecule has 1 aliphatic carbocycles. The van der Waals surface area contributed by atoms with E-state index in [1.54, 1.807) is 28.8 Å². The van der Waals surface area contributed by atoms with Gasteiger partial charge in [0.15, 0.2) is 10.1 Å². The van der Waals surface area contributed by atoms with E-state index in [2.05, 4.69) is 39.1 Å². The van der Waals surface area contributed by atoms with Gasteiger partial charge in [0.05, 0.1) is 17.6 Å². The van der Waals surface area contributed by atoms with Gasteiger partial charge in [0.25, 0.3) is 0 Å². The topological polar surface area (TPSA) is 95.9 Å². The van der Waals surface area contributed by atoms with Crippen molar-refractivity contribution in [2.75, 3.05) is 10.7 Å². The summed E-state index contributed by atoms with van der Waals surface area (Å²) in [7, 11) is 0. The zero-order chi connectivity index (χ0) is 23.9. The molecule has 172 valence electrons. The van der Waals surface area contributed by atoms with Crippen LogP contribution in [-0.2, 0) is 4.79 Å². The van der Waals surface area contributed by atoms with E-state index in [-0.39, 0.29) is 28.2 Å². The molecular weight excluding hydrogens is 525 g/mol. The summed E-state index contributed by atoms with van der Waals surface area (Å²) < 4.78 is 16.4. The van der Waals surface area contributed by atoms with Gasteiger partial charge in [-0.1, -0.05) is 65.9 Å². The van der Waals surface area contributed by atoms with E-state index >= 15 is 4.39 Å². The van der Waals surface area contributed by atoms with Gasteiger partial charge in [0.2, 0.25) is 5.13 Å². The van der Waals surface area contributed by atoms with Crippen LogP contribution >= 0.6 is 39.0 Å². The lowest BCUT2D eigenvalue weighted by atomic mass is 9.68. The molecule has 2 heterocycles. The molecule has 1 aromatic heterocycles. The van der Waals surface area contributed by atoms with Gasteiger partial charge in [-0.15, -0.1) is 10.2 Å². The summed E-state index contributed by atoms with van der Waals surface area (Å²) in [5.74, 6) is -0.392. The molecule has 0 radical (unpaired) electrons. The maximum Gasteiger partial charge on any atom is 0.219 e. The first kappa shape index (κ1) is 23.9. The van der Waals surface area contributed by atoms with Gasteiger partial charge in [0, 0.05) is 33.5 Å². The number of ketones is 1. The van der Waals surface area contributed by atoms with E-state index in [1.807, 2.05) is 13.8 Å². The standard InChI is InChI=1S/C23H23BrFN5OS2/c1-4-7-32-22-29-28-21(33-22)30-16-9-23(2,3)10-17(31)19(16)18(14(11-26)20(30)27)13-6-5-12(24)8-15(13)25/h5-6,8,18H,4,7,9-10,27H2,1-3H3. The fourth-order valence-electron chi connectivity index (χ4n) is 4.31. The number of carbonyl (C=O) groups excluding carboxylic acids is 1. The van der Waals surface area contributed by atoms with Crippen LogP contribution in [0.25, 0.3) is 0 Å². The Hall–Kier alpha value is -2.22. The van der Waals surface area contributed by atoms with Crippen molar-refractivity contribution in [3.8, 4) is 6.07 Å².